The molecule has 0 saturated carbocycles. The fourth-order valence-electron chi connectivity index (χ4n) is 3.99. The topological polar surface area (TPSA) is 40.7 Å². The van der Waals surface area contributed by atoms with Gasteiger partial charge < -0.3 is 10.3 Å². The van der Waals surface area contributed by atoms with Gasteiger partial charge in [-0.05, 0) is 73.8 Å². The van der Waals surface area contributed by atoms with Gasteiger partial charge in [-0.15, -0.1) is 6.58 Å². The van der Waals surface area contributed by atoms with Crippen molar-refractivity contribution in [2.75, 3.05) is 5.32 Å². The van der Waals surface area contributed by atoms with Crippen molar-refractivity contribution in [1.82, 2.24) is 9.97 Å². The van der Waals surface area contributed by atoms with Gasteiger partial charge in [0.1, 0.15) is 5.82 Å². The maximum atomic E-state index is 14.6. The molecule has 0 radical (unpaired) electrons. The van der Waals surface area contributed by atoms with Crippen molar-refractivity contribution in [2.24, 2.45) is 5.92 Å². The Morgan fingerprint density at radius 3 is 2.59 bits per heavy atom. The number of benzene rings is 2. The van der Waals surface area contributed by atoms with Crippen LogP contribution in [0.15, 0.2) is 73.8 Å². The van der Waals surface area contributed by atoms with Crippen molar-refractivity contribution in [3.05, 3.63) is 96.3 Å². The van der Waals surface area contributed by atoms with Gasteiger partial charge in [0.25, 0.3) is 0 Å². The molecule has 0 fully saturated rings. The molecule has 0 saturated heterocycles. The van der Waals surface area contributed by atoms with E-state index in [0.29, 0.717) is 5.92 Å². The van der Waals surface area contributed by atoms with Crippen LogP contribution in [0.5, 0.6) is 0 Å². The van der Waals surface area contributed by atoms with Crippen molar-refractivity contribution in [3.8, 4) is 0 Å². The van der Waals surface area contributed by atoms with Crippen molar-refractivity contribution in [2.45, 2.75) is 65.2 Å². The van der Waals surface area contributed by atoms with Gasteiger partial charge in [0.2, 0.25) is 0 Å². The number of rotatable bonds is 12. The van der Waals surface area contributed by atoms with Gasteiger partial charge >= 0.3 is 0 Å². The summed E-state index contributed by atoms with van der Waals surface area (Å²) in [6, 6.07) is 13.8. The highest BCUT2D eigenvalue weighted by Gasteiger charge is 2.11. The van der Waals surface area contributed by atoms with Gasteiger partial charge in [-0.1, -0.05) is 68.4 Å². The average molecular weight is 480 g/mol. The number of aromatic amines is 1. The van der Waals surface area contributed by atoms with E-state index in [-0.39, 0.29) is 5.82 Å². The Morgan fingerprint density at radius 1 is 1.18 bits per heavy atom. The summed E-state index contributed by atoms with van der Waals surface area (Å²) in [6.45, 7) is 8.14. The number of nitrogens with one attached hydrogen (secondary N) is 2. The summed E-state index contributed by atoms with van der Waals surface area (Å²) in [5.74, 6) is 0.405. The standard InChI is InChI=1S/C26H34FNS.C3H4N2/c1-4-6-12-21(10-5-2)18-26(29)28-24-17-16-23(25(27)19-24)15-9-14-22-13-8-7-11-20(22)3;1-2-5-3-4-1/h4,7-8,11,13,16-17,19,21H,1,5-6,9-10,12,14-15,18H2,2-3H3,(H,28,29);1-3H,(H,4,5). The van der Waals surface area contributed by atoms with Crippen LogP contribution in [0.3, 0.4) is 0 Å². The van der Waals surface area contributed by atoms with Crippen LogP contribution in [-0.2, 0) is 12.8 Å². The molecule has 182 valence electrons. The van der Waals surface area contributed by atoms with Crippen LogP contribution in [0.4, 0.5) is 10.1 Å². The average Bonchev–Trinajstić information content (AvgIpc) is 3.40. The van der Waals surface area contributed by atoms with Crippen LogP contribution >= 0.6 is 12.2 Å². The number of thiocarbonyl (C=S) groups is 1. The predicted octanol–water partition coefficient (Wildman–Crippen LogP) is 8.23. The molecule has 1 heterocycles. The summed E-state index contributed by atoms with van der Waals surface area (Å²) in [5, 5.41) is 3.23. The van der Waals surface area contributed by atoms with Crippen LogP contribution in [0.25, 0.3) is 0 Å². The third-order valence-corrected chi connectivity index (χ3v) is 6.11. The fourth-order valence-corrected chi connectivity index (χ4v) is 4.34. The molecule has 1 atom stereocenters. The van der Waals surface area contributed by atoms with Crippen LogP contribution < -0.4 is 5.32 Å². The number of H-pyrrole nitrogens is 1. The first-order valence-electron chi connectivity index (χ1n) is 12.2. The van der Waals surface area contributed by atoms with Crippen LogP contribution in [0, 0.1) is 18.7 Å². The molecule has 1 unspecified atom stereocenters. The second-order valence-electron chi connectivity index (χ2n) is 8.62. The summed E-state index contributed by atoms with van der Waals surface area (Å²) in [4.78, 5) is 7.21. The number of nitrogens with zero attached hydrogens (tertiary/aromatic N) is 1. The molecule has 0 bridgehead atoms. The number of aromatic nitrogens is 2. The third kappa shape index (κ3) is 10.4. The summed E-state index contributed by atoms with van der Waals surface area (Å²) in [6.07, 6.45) is 15.0. The second-order valence-corrected chi connectivity index (χ2v) is 9.11. The number of halogens is 1. The minimum atomic E-state index is -0.153. The molecule has 2 aromatic carbocycles. The molecule has 2 N–H and O–H groups in total. The van der Waals surface area contributed by atoms with E-state index in [2.05, 4.69) is 60.0 Å². The van der Waals surface area contributed by atoms with E-state index in [1.54, 1.807) is 24.8 Å². The summed E-state index contributed by atoms with van der Waals surface area (Å²) < 4.78 is 14.6. The summed E-state index contributed by atoms with van der Waals surface area (Å²) in [7, 11) is 0. The first-order valence-corrected chi connectivity index (χ1v) is 12.6. The maximum Gasteiger partial charge on any atom is 0.128 e. The van der Waals surface area contributed by atoms with Crippen LogP contribution in [0.1, 0.15) is 62.1 Å². The Morgan fingerprint density at radius 2 is 1.97 bits per heavy atom. The fraction of sp³-hybridized carbons (Fsp3) is 0.379. The number of allylic oxidation sites excluding steroid dienone is 1. The number of hydrogen-bond donors (Lipinski definition) is 2. The summed E-state index contributed by atoms with van der Waals surface area (Å²) >= 11 is 5.53. The Bertz CT molecular complexity index is 968. The van der Waals surface area contributed by atoms with Gasteiger partial charge in [-0.3, -0.25) is 0 Å². The lowest BCUT2D eigenvalue weighted by molar-refractivity contribution is 0.466. The minimum Gasteiger partial charge on any atom is -0.351 e. The monoisotopic (exact) mass is 479 g/mol. The van der Waals surface area contributed by atoms with Crippen molar-refractivity contribution in [3.63, 3.8) is 0 Å². The lowest BCUT2D eigenvalue weighted by Crippen LogP contribution is -2.15. The van der Waals surface area contributed by atoms with E-state index in [9.17, 15) is 4.39 Å². The lowest BCUT2D eigenvalue weighted by Gasteiger charge is -2.17. The van der Waals surface area contributed by atoms with Crippen molar-refractivity contribution < 1.29 is 4.39 Å². The van der Waals surface area contributed by atoms with Gasteiger partial charge in [-0.2, -0.15) is 0 Å². The molecule has 0 aliphatic rings. The summed E-state index contributed by atoms with van der Waals surface area (Å²) in [5.41, 5.74) is 4.16. The highest BCUT2D eigenvalue weighted by Crippen LogP contribution is 2.22. The number of hydrogen-bond acceptors (Lipinski definition) is 2. The zero-order valence-electron chi connectivity index (χ0n) is 20.5. The Kier molecular flexibility index (Phi) is 12.9. The molecule has 3 aromatic rings. The molecule has 1 aromatic heterocycles. The molecule has 0 aliphatic heterocycles. The normalized spacial score (nSPS) is 11.3. The molecule has 0 amide bonds. The smallest absolute Gasteiger partial charge is 0.128 e. The predicted molar refractivity (Wildman–Crippen MR) is 147 cm³/mol. The second kappa shape index (κ2) is 15.9. The maximum absolute atomic E-state index is 14.6. The van der Waals surface area contributed by atoms with Gasteiger partial charge in [-0.25, -0.2) is 9.37 Å². The SMILES string of the molecule is C=CCCC(CCC)CC(=S)Nc1ccc(CCCc2ccccc2C)c(F)c1.c1c[nH]cn1. The van der Waals surface area contributed by atoms with Crippen molar-refractivity contribution in [1.29, 1.82) is 0 Å². The van der Waals surface area contributed by atoms with E-state index in [4.69, 9.17) is 12.2 Å². The van der Waals surface area contributed by atoms with Crippen LogP contribution in [-0.4, -0.2) is 15.0 Å². The van der Waals surface area contributed by atoms with Crippen molar-refractivity contribution >= 4 is 22.9 Å². The molecule has 3 rings (SSSR count). The molecule has 3 nitrogen and oxygen atoms in total. The van der Waals surface area contributed by atoms with E-state index in [0.717, 1.165) is 67.6 Å². The quantitative estimate of drug-likeness (QED) is 0.203. The number of imidazole rings is 1. The highest BCUT2D eigenvalue weighted by molar-refractivity contribution is 7.80. The lowest BCUT2D eigenvalue weighted by atomic mass is 9.94. The third-order valence-electron chi connectivity index (χ3n) is 5.85. The van der Waals surface area contributed by atoms with E-state index >= 15 is 0 Å². The molecular weight excluding hydrogens is 441 g/mol. The Hall–Kier alpha value is -2.79. The first kappa shape index (κ1) is 27.5. The number of aryl methyl sites for hydroxylation is 3. The zero-order chi connectivity index (χ0) is 24.6. The highest BCUT2D eigenvalue weighted by atomic mass is 32.1. The van der Waals surface area contributed by atoms with Gasteiger partial charge in [0, 0.05) is 24.5 Å². The Labute approximate surface area is 209 Å². The van der Waals surface area contributed by atoms with Gasteiger partial charge in [0.15, 0.2) is 0 Å². The molecule has 0 spiro atoms. The molecule has 0 aliphatic carbocycles. The van der Waals surface area contributed by atoms with Gasteiger partial charge in [0.05, 0.1) is 11.3 Å². The van der Waals surface area contributed by atoms with Crippen LogP contribution in [0.2, 0.25) is 0 Å². The van der Waals surface area contributed by atoms with E-state index in [1.165, 1.54) is 11.1 Å². The molecule has 5 heteroatoms. The number of anilines is 1. The first-order chi connectivity index (χ1) is 16.5. The minimum absolute atomic E-state index is 0.153. The van der Waals surface area contributed by atoms with E-state index < -0.39 is 0 Å². The molecule has 34 heavy (non-hydrogen) atoms. The van der Waals surface area contributed by atoms with E-state index in [1.807, 2.05) is 18.2 Å². The largest absolute Gasteiger partial charge is 0.351 e. The Balaban J connectivity index is 0.000000720. The molecular formula is C29H38FN3S. The zero-order valence-corrected chi connectivity index (χ0v) is 21.3.